The summed E-state index contributed by atoms with van der Waals surface area (Å²) in [6.07, 6.45) is 3.18. The summed E-state index contributed by atoms with van der Waals surface area (Å²) in [6, 6.07) is 2.14. The van der Waals surface area contributed by atoms with E-state index in [1.165, 1.54) is 6.20 Å². The van der Waals surface area contributed by atoms with E-state index in [2.05, 4.69) is 16.8 Å². The van der Waals surface area contributed by atoms with Crippen LogP contribution in [0.1, 0.15) is 25.3 Å². The molecule has 1 aliphatic rings. The van der Waals surface area contributed by atoms with Gasteiger partial charge in [-0.1, -0.05) is 0 Å². The summed E-state index contributed by atoms with van der Waals surface area (Å²) in [5.74, 6) is 0.833. The fourth-order valence-electron chi connectivity index (χ4n) is 2.48. The van der Waals surface area contributed by atoms with Crippen molar-refractivity contribution in [1.82, 2.24) is 4.98 Å². The normalized spacial score (nSPS) is 24.1. The molecule has 0 radical (unpaired) electrons. The van der Waals surface area contributed by atoms with Gasteiger partial charge >= 0.3 is 0 Å². The molecule has 1 aliphatic heterocycles. The van der Waals surface area contributed by atoms with Gasteiger partial charge in [0.25, 0.3) is 5.69 Å². The van der Waals surface area contributed by atoms with Crippen LogP contribution in [0, 0.1) is 17.0 Å². The third-order valence-electron chi connectivity index (χ3n) is 3.44. The number of aromatic nitrogens is 1. The lowest BCUT2D eigenvalue weighted by molar-refractivity contribution is -0.385. The molecule has 0 saturated carbocycles. The van der Waals surface area contributed by atoms with Crippen molar-refractivity contribution >= 4 is 11.5 Å². The molecule has 1 aromatic heterocycles. The minimum atomic E-state index is -0.417. The molecule has 2 rings (SSSR count). The van der Waals surface area contributed by atoms with Crippen molar-refractivity contribution < 1.29 is 4.92 Å². The van der Waals surface area contributed by atoms with Crippen LogP contribution >= 0.6 is 0 Å². The van der Waals surface area contributed by atoms with Gasteiger partial charge in [0.15, 0.2) is 0 Å². The van der Waals surface area contributed by atoms with E-state index in [4.69, 9.17) is 5.73 Å². The van der Waals surface area contributed by atoms with Crippen LogP contribution < -0.4 is 10.6 Å². The summed E-state index contributed by atoms with van der Waals surface area (Å²) < 4.78 is 0. The third kappa shape index (κ3) is 2.43. The highest BCUT2D eigenvalue weighted by molar-refractivity contribution is 5.51. The zero-order valence-corrected chi connectivity index (χ0v) is 10.7. The van der Waals surface area contributed by atoms with Gasteiger partial charge in [-0.2, -0.15) is 0 Å². The number of pyridine rings is 1. The number of hydrogen-bond acceptors (Lipinski definition) is 5. The molecular formula is C12H18N4O2. The zero-order valence-electron chi connectivity index (χ0n) is 10.7. The Kier molecular flexibility index (Phi) is 3.47. The molecule has 1 fully saturated rings. The first-order valence-corrected chi connectivity index (χ1v) is 6.12. The van der Waals surface area contributed by atoms with E-state index in [0.717, 1.165) is 30.8 Å². The summed E-state index contributed by atoms with van der Waals surface area (Å²) in [4.78, 5) is 16.7. The molecule has 98 valence electrons. The Balaban J connectivity index is 2.26. The molecule has 1 saturated heterocycles. The lowest BCUT2D eigenvalue weighted by atomic mass is 9.98. The topological polar surface area (TPSA) is 85.3 Å². The van der Waals surface area contributed by atoms with Crippen LogP contribution in [-0.2, 0) is 0 Å². The van der Waals surface area contributed by atoms with Crippen LogP contribution in [0.15, 0.2) is 12.3 Å². The number of anilines is 1. The molecule has 6 nitrogen and oxygen atoms in total. The van der Waals surface area contributed by atoms with Gasteiger partial charge in [0.05, 0.1) is 4.92 Å². The molecule has 0 bridgehead atoms. The molecular weight excluding hydrogens is 232 g/mol. The highest BCUT2D eigenvalue weighted by Crippen LogP contribution is 2.27. The van der Waals surface area contributed by atoms with Gasteiger partial charge < -0.3 is 10.6 Å². The van der Waals surface area contributed by atoms with E-state index < -0.39 is 4.92 Å². The molecule has 0 spiro atoms. The fourth-order valence-corrected chi connectivity index (χ4v) is 2.48. The quantitative estimate of drug-likeness (QED) is 0.636. The lowest BCUT2D eigenvalue weighted by Crippen LogP contribution is -2.46. The lowest BCUT2D eigenvalue weighted by Gasteiger charge is -2.37. The largest absolute Gasteiger partial charge is 0.354 e. The van der Waals surface area contributed by atoms with Crippen molar-refractivity contribution in [3.05, 3.63) is 27.9 Å². The summed E-state index contributed by atoms with van der Waals surface area (Å²) >= 11 is 0. The monoisotopic (exact) mass is 250 g/mol. The van der Waals surface area contributed by atoms with E-state index in [0.29, 0.717) is 6.04 Å². The Hall–Kier alpha value is -1.69. The molecule has 0 amide bonds. The van der Waals surface area contributed by atoms with Crippen LogP contribution in [0.4, 0.5) is 11.5 Å². The van der Waals surface area contributed by atoms with Crippen molar-refractivity contribution in [2.75, 3.05) is 11.4 Å². The van der Waals surface area contributed by atoms with Crippen molar-refractivity contribution in [3.8, 4) is 0 Å². The van der Waals surface area contributed by atoms with E-state index in [1.807, 2.05) is 6.92 Å². The first kappa shape index (κ1) is 12.8. The predicted octanol–water partition coefficient (Wildman–Crippen LogP) is 1.61. The van der Waals surface area contributed by atoms with Crippen molar-refractivity contribution in [2.24, 2.45) is 5.73 Å². The number of nitrogens with zero attached hydrogens (tertiary/aromatic N) is 3. The Labute approximate surface area is 106 Å². The number of aryl methyl sites for hydroxylation is 1. The summed E-state index contributed by atoms with van der Waals surface area (Å²) in [6.45, 7) is 4.83. The van der Waals surface area contributed by atoms with Gasteiger partial charge in [-0.15, -0.1) is 0 Å². The van der Waals surface area contributed by atoms with Gasteiger partial charge in [-0.25, -0.2) is 4.98 Å². The first-order chi connectivity index (χ1) is 8.49. The molecule has 2 N–H and O–H groups in total. The Morgan fingerprint density at radius 1 is 1.61 bits per heavy atom. The smallest absolute Gasteiger partial charge is 0.287 e. The van der Waals surface area contributed by atoms with Crippen molar-refractivity contribution in [3.63, 3.8) is 0 Å². The van der Waals surface area contributed by atoms with Crippen molar-refractivity contribution in [1.29, 1.82) is 0 Å². The molecule has 0 aliphatic carbocycles. The average molecular weight is 250 g/mol. The number of nitro groups is 1. The molecule has 2 heterocycles. The van der Waals surface area contributed by atoms with E-state index in [9.17, 15) is 10.1 Å². The summed E-state index contributed by atoms with van der Waals surface area (Å²) in [5.41, 5.74) is 6.81. The van der Waals surface area contributed by atoms with Crippen LogP contribution in [-0.4, -0.2) is 28.5 Å². The molecule has 2 unspecified atom stereocenters. The van der Waals surface area contributed by atoms with E-state index >= 15 is 0 Å². The maximum absolute atomic E-state index is 10.7. The second kappa shape index (κ2) is 4.89. The molecule has 1 aromatic rings. The van der Waals surface area contributed by atoms with Gasteiger partial charge in [-0.05, 0) is 32.3 Å². The highest BCUT2D eigenvalue weighted by Gasteiger charge is 2.25. The number of rotatable bonds is 2. The van der Waals surface area contributed by atoms with Crippen LogP contribution in [0.25, 0.3) is 0 Å². The number of piperidine rings is 1. The maximum atomic E-state index is 10.7. The fraction of sp³-hybridized carbons (Fsp3) is 0.583. The second-order valence-corrected chi connectivity index (χ2v) is 4.92. The molecule has 6 heteroatoms. The van der Waals surface area contributed by atoms with Crippen LogP contribution in [0.5, 0.6) is 0 Å². The predicted molar refractivity (Wildman–Crippen MR) is 69.6 cm³/mol. The zero-order chi connectivity index (χ0) is 13.3. The third-order valence-corrected chi connectivity index (χ3v) is 3.44. The molecule has 2 atom stereocenters. The number of hydrogen-bond donors (Lipinski definition) is 1. The van der Waals surface area contributed by atoms with E-state index in [1.54, 1.807) is 6.07 Å². The summed E-state index contributed by atoms with van der Waals surface area (Å²) in [7, 11) is 0. The minimum Gasteiger partial charge on any atom is -0.354 e. The van der Waals surface area contributed by atoms with Gasteiger partial charge in [-0.3, -0.25) is 10.1 Å². The number of nitrogens with two attached hydrogens (primary N) is 1. The van der Waals surface area contributed by atoms with Gasteiger partial charge in [0, 0.05) is 24.7 Å². The first-order valence-electron chi connectivity index (χ1n) is 6.12. The maximum Gasteiger partial charge on any atom is 0.287 e. The van der Waals surface area contributed by atoms with Gasteiger partial charge in [0.1, 0.15) is 12.0 Å². The SMILES string of the molecule is Cc1cc([N+](=O)[O-])cnc1N1CCC(N)CC1C. The average Bonchev–Trinajstić information content (AvgIpc) is 2.30. The minimum absolute atomic E-state index is 0.0395. The Bertz CT molecular complexity index is 463. The van der Waals surface area contributed by atoms with E-state index in [-0.39, 0.29) is 11.7 Å². The molecule has 18 heavy (non-hydrogen) atoms. The Morgan fingerprint density at radius 3 is 2.89 bits per heavy atom. The van der Waals surface area contributed by atoms with Crippen LogP contribution in [0.3, 0.4) is 0 Å². The Morgan fingerprint density at radius 2 is 2.33 bits per heavy atom. The van der Waals surface area contributed by atoms with Crippen molar-refractivity contribution in [2.45, 2.75) is 38.8 Å². The highest BCUT2D eigenvalue weighted by atomic mass is 16.6. The summed E-state index contributed by atoms with van der Waals surface area (Å²) in [5, 5.41) is 10.7. The molecule has 0 aromatic carbocycles. The second-order valence-electron chi connectivity index (χ2n) is 4.92. The van der Waals surface area contributed by atoms with Gasteiger partial charge in [0.2, 0.25) is 0 Å². The van der Waals surface area contributed by atoms with Crippen LogP contribution in [0.2, 0.25) is 0 Å². The standard InChI is InChI=1S/C12H18N4O2/c1-8-5-11(16(17)18)7-14-12(8)15-4-3-10(13)6-9(15)2/h5,7,9-10H,3-4,6,13H2,1-2H3.